The summed E-state index contributed by atoms with van der Waals surface area (Å²) in [5.41, 5.74) is 5.36. The first-order valence-electron chi connectivity index (χ1n) is 3.45. The fourth-order valence-corrected chi connectivity index (χ4v) is 1.51. The van der Waals surface area contributed by atoms with Crippen LogP contribution in [0.4, 0.5) is 13.2 Å². The molecule has 1 rings (SSSR count). The Labute approximate surface area is 86.8 Å². The van der Waals surface area contributed by atoms with Crippen molar-refractivity contribution in [2.45, 2.75) is 16.7 Å². The van der Waals surface area contributed by atoms with Crippen molar-refractivity contribution < 1.29 is 17.9 Å². The highest BCUT2D eigenvalue weighted by molar-refractivity contribution is 14.1. The van der Waals surface area contributed by atoms with E-state index in [1.165, 1.54) is 6.08 Å². The van der Waals surface area contributed by atoms with Gasteiger partial charge in [0.1, 0.15) is 5.76 Å². The Morgan fingerprint density at radius 1 is 1.54 bits per heavy atom. The number of nitrogens with two attached hydrogens (primary N) is 1. The average Bonchev–Trinajstić information content (AvgIpc) is 1.94. The van der Waals surface area contributed by atoms with Crippen molar-refractivity contribution in [3.63, 3.8) is 0 Å². The van der Waals surface area contributed by atoms with E-state index in [4.69, 9.17) is 5.73 Å². The van der Waals surface area contributed by atoms with E-state index in [0.717, 1.165) is 0 Å². The Bertz CT molecular complexity index is 259. The lowest BCUT2D eigenvalue weighted by molar-refractivity contribution is -0.306. The third kappa shape index (κ3) is 3.45. The Morgan fingerprint density at radius 2 is 2.15 bits per heavy atom. The quantitative estimate of drug-likeness (QED) is 0.596. The standard InChI is InChI=1S/C7H7F3INO/c8-7(9,10)13-6-3-4(11)1-2-5(6)12/h1-2,4H,3,12H2. The van der Waals surface area contributed by atoms with Crippen LogP contribution in [-0.4, -0.2) is 10.3 Å². The van der Waals surface area contributed by atoms with Gasteiger partial charge in [0, 0.05) is 10.3 Å². The summed E-state index contributed by atoms with van der Waals surface area (Å²) in [4.78, 5) is 0. The molecule has 0 aromatic carbocycles. The summed E-state index contributed by atoms with van der Waals surface area (Å²) in [6, 6.07) is 0. The van der Waals surface area contributed by atoms with Gasteiger partial charge in [-0.25, -0.2) is 0 Å². The lowest BCUT2D eigenvalue weighted by Gasteiger charge is -2.18. The molecule has 2 nitrogen and oxygen atoms in total. The van der Waals surface area contributed by atoms with Gasteiger partial charge in [0.25, 0.3) is 0 Å². The second-order valence-electron chi connectivity index (χ2n) is 2.51. The first kappa shape index (κ1) is 10.7. The topological polar surface area (TPSA) is 35.2 Å². The van der Waals surface area contributed by atoms with Crippen LogP contribution in [0.2, 0.25) is 0 Å². The van der Waals surface area contributed by atoms with Gasteiger partial charge < -0.3 is 10.5 Å². The van der Waals surface area contributed by atoms with Crippen LogP contribution in [0.1, 0.15) is 6.42 Å². The molecule has 1 aliphatic carbocycles. The summed E-state index contributed by atoms with van der Waals surface area (Å²) in [7, 11) is 0. The molecule has 13 heavy (non-hydrogen) atoms. The Balaban J connectivity index is 2.73. The Hall–Kier alpha value is -0.400. The van der Waals surface area contributed by atoms with Crippen LogP contribution in [0.25, 0.3) is 0 Å². The number of alkyl halides is 4. The van der Waals surface area contributed by atoms with E-state index in [9.17, 15) is 13.2 Å². The minimum absolute atomic E-state index is 0.00208. The zero-order valence-corrected chi connectivity index (χ0v) is 8.59. The molecule has 0 fully saturated rings. The summed E-state index contributed by atoms with van der Waals surface area (Å²) < 4.78 is 39.2. The highest BCUT2D eigenvalue weighted by Crippen LogP contribution is 2.29. The predicted octanol–water partition coefficient (Wildman–Crippen LogP) is 2.46. The van der Waals surface area contributed by atoms with E-state index in [0.29, 0.717) is 0 Å². The summed E-state index contributed by atoms with van der Waals surface area (Å²) in [6.45, 7) is 0. The van der Waals surface area contributed by atoms with Gasteiger partial charge in [-0.3, -0.25) is 0 Å². The van der Waals surface area contributed by atoms with Crippen LogP contribution >= 0.6 is 22.6 Å². The van der Waals surface area contributed by atoms with Crippen molar-refractivity contribution in [2.24, 2.45) is 5.73 Å². The third-order valence-corrected chi connectivity index (χ3v) is 2.28. The molecule has 0 bridgehead atoms. The van der Waals surface area contributed by atoms with Crippen LogP contribution < -0.4 is 5.73 Å². The Morgan fingerprint density at radius 3 is 2.69 bits per heavy atom. The van der Waals surface area contributed by atoms with Gasteiger partial charge in [-0.2, -0.15) is 0 Å². The SMILES string of the molecule is NC1=C(OC(F)(F)F)CC(I)C=C1. The zero-order valence-electron chi connectivity index (χ0n) is 6.44. The lowest BCUT2D eigenvalue weighted by atomic mass is 10.1. The van der Waals surface area contributed by atoms with Crippen LogP contribution in [0, 0.1) is 0 Å². The van der Waals surface area contributed by atoms with Crippen molar-refractivity contribution in [2.75, 3.05) is 0 Å². The van der Waals surface area contributed by atoms with Crippen LogP contribution in [0.3, 0.4) is 0 Å². The highest BCUT2D eigenvalue weighted by Gasteiger charge is 2.33. The molecule has 0 aromatic heterocycles. The number of hydrogen-bond donors (Lipinski definition) is 1. The van der Waals surface area contributed by atoms with Crippen molar-refractivity contribution >= 4 is 22.6 Å². The summed E-state index contributed by atoms with van der Waals surface area (Å²) in [5, 5.41) is 0. The molecule has 0 radical (unpaired) electrons. The van der Waals surface area contributed by atoms with Gasteiger partial charge in [-0.15, -0.1) is 13.2 Å². The fraction of sp³-hybridized carbons (Fsp3) is 0.429. The molecule has 0 spiro atoms. The summed E-state index contributed by atoms with van der Waals surface area (Å²) >= 11 is 2.01. The van der Waals surface area contributed by atoms with Gasteiger partial charge >= 0.3 is 6.36 Å². The van der Waals surface area contributed by atoms with Gasteiger partial charge in [0.15, 0.2) is 0 Å². The molecule has 0 amide bonds. The molecule has 0 aromatic rings. The monoisotopic (exact) mass is 305 g/mol. The maximum absolute atomic E-state index is 11.8. The molecule has 1 atom stereocenters. The van der Waals surface area contributed by atoms with Gasteiger partial charge in [0.2, 0.25) is 0 Å². The maximum atomic E-state index is 11.8. The molecule has 2 N–H and O–H groups in total. The molecule has 1 aliphatic rings. The molecule has 6 heteroatoms. The lowest BCUT2D eigenvalue weighted by Crippen LogP contribution is -2.19. The molecule has 74 valence electrons. The Kier molecular flexibility index (Phi) is 3.09. The number of halogens is 4. The van der Waals surface area contributed by atoms with E-state index in [2.05, 4.69) is 4.74 Å². The zero-order chi connectivity index (χ0) is 10.1. The first-order valence-corrected chi connectivity index (χ1v) is 4.69. The number of allylic oxidation sites excluding steroid dienone is 3. The van der Waals surface area contributed by atoms with Crippen LogP contribution in [0.5, 0.6) is 0 Å². The first-order chi connectivity index (χ1) is 5.88. The van der Waals surface area contributed by atoms with Crippen molar-refractivity contribution in [1.82, 2.24) is 0 Å². The average molecular weight is 305 g/mol. The van der Waals surface area contributed by atoms with Crippen molar-refractivity contribution in [3.05, 3.63) is 23.6 Å². The number of hydrogen-bond acceptors (Lipinski definition) is 2. The van der Waals surface area contributed by atoms with E-state index in [-0.39, 0.29) is 21.8 Å². The molecule has 1 unspecified atom stereocenters. The molecule has 0 saturated heterocycles. The molecule has 0 aliphatic heterocycles. The fourth-order valence-electron chi connectivity index (χ4n) is 0.904. The maximum Gasteiger partial charge on any atom is 0.572 e. The largest absolute Gasteiger partial charge is 0.572 e. The number of ether oxygens (including phenoxy) is 1. The minimum atomic E-state index is -4.65. The normalized spacial score (nSPS) is 23.5. The van der Waals surface area contributed by atoms with Crippen molar-refractivity contribution in [1.29, 1.82) is 0 Å². The van der Waals surface area contributed by atoms with Gasteiger partial charge in [-0.05, 0) is 6.08 Å². The van der Waals surface area contributed by atoms with Crippen molar-refractivity contribution in [3.8, 4) is 0 Å². The molecule has 0 heterocycles. The van der Waals surface area contributed by atoms with Crippen LogP contribution in [0.15, 0.2) is 23.6 Å². The van der Waals surface area contributed by atoms with Gasteiger partial charge in [-0.1, -0.05) is 28.7 Å². The second-order valence-corrected chi connectivity index (χ2v) is 4.11. The molecular weight excluding hydrogens is 298 g/mol. The predicted molar refractivity (Wildman–Crippen MR) is 49.9 cm³/mol. The summed E-state index contributed by atoms with van der Waals surface area (Å²) in [6.07, 6.45) is -1.30. The smallest absolute Gasteiger partial charge is 0.408 e. The number of rotatable bonds is 1. The highest BCUT2D eigenvalue weighted by atomic mass is 127. The second kappa shape index (κ2) is 3.77. The minimum Gasteiger partial charge on any atom is -0.408 e. The third-order valence-electron chi connectivity index (χ3n) is 1.43. The molecular formula is C7H7F3INO. The van der Waals surface area contributed by atoms with E-state index in [1.54, 1.807) is 6.08 Å². The van der Waals surface area contributed by atoms with E-state index in [1.807, 2.05) is 22.6 Å². The van der Waals surface area contributed by atoms with E-state index >= 15 is 0 Å². The van der Waals surface area contributed by atoms with Gasteiger partial charge in [0.05, 0.1) is 5.70 Å². The van der Waals surface area contributed by atoms with E-state index < -0.39 is 6.36 Å². The summed E-state index contributed by atoms with van der Waals surface area (Å²) in [5.74, 6) is -0.200. The molecule has 0 saturated carbocycles. The van der Waals surface area contributed by atoms with Crippen LogP contribution in [-0.2, 0) is 4.74 Å².